The number of halogens is 2. The van der Waals surface area contributed by atoms with Gasteiger partial charge in [-0.1, -0.05) is 41.4 Å². The lowest BCUT2D eigenvalue weighted by molar-refractivity contribution is 0.178. The van der Waals surface area contributed by atoms with E-state index >= 15 is 0 Å². The van der Waals surface area contributed by atoms with Crippen LogP contribution in [0.2, 0.25) is 10.0 Å². The predicted molar refractivity (Wildman–Crippen MR) is 78.1 cm³/mol. The fourth-order valence-corrected chi connectivity index (χ4v) is 2.37. The molecule has 0 aliphatic rings. The van der Waals surface area contributed by atoms with Crippen LogP contribution in [0, 0.1) is 0 Å². The Balaban J connectivity index is 2.15. The van der Waals surface area contributed by atoms with Crippen LogP contribution in [-0.2, 0) is 6.42 Å². The molecule has 4 heteroatoms. The first-order chi connectivity index (χ1) is 9.10. The Hall–Kier alpha value is -1.22. The highest BCUT2D eigenvalue weighted by Gasteiger charge is 2.11. The molecule has 0 fully saturated rings. The van der Waals surface area contributed by atoms with Gasteiger partial charge in [-0.2, -0.15) is 0 Å². The molecule has 100 valence electrons. The predicted octanol–water partition coefficient (Wildman–Crippen LogP) is 4.28. The third kappa shape index (κ3) is 3.63. The molecule has 2 aromatic carbocycles. The van der Waals surface area contributed by atoms with Crippen LogP contribution in [0.4, 0.5) is 0 Å². The van der Waals surface area contributed by atoms with E-state index in [0.717, 1.165) is 11.1 Å². The lowest BCUT2D eigenvalue weighted by Crippen LogP contribution is -2.02. The average molecular weight is 297 g/mol. The molecule has 0 heterocycles. The van der Waals surface area contributed by atoms with Gasteiger partial charge in [0.15, 0.2) is 0 Å². The molecule has 2 aromatic rings. The molecule has 0 saturated heterocycles. The Morgan fingerprint density at radius 2 is 1.95 bits per heavy atom. The minimum Gasteiger partial charge on any atom is -0.495 e. The van der Waals surface area contributed by atoms with Crippen LogP contribution in [0.25, 0.3) is 0 Å². The van der Waals surface area contributed by atoms with Crippen LogP contribution in [0.3, 0.4) is 0 Å². The molecule has 1 unspecified atom stereocenters. The summed E-state index contributed by atoms with van der Waals surface area (Å²) in [6.45, 7) is 0. The average Bonchev–Trinajstić information content (AvgIpc) is 2.38. The van der Waals surface area contributed by atoms with Gasteiger partial charge in [0.25, 0.3) is 0 Å². The maximum atomic E-state index is 10.2. The summed E-state index contributed by atoms with van der Waals surface area (Å²) in [5, 5.41) is 11.4. The standard InChI is InChI=1S/C15H14Cl2O2/c1-19-15-6-5-11(9-13(15)17)14(18)8-10-3-2-4-12(16)7-10/h2-7,9,14,18H,8H2,1H3. The first-order valence-electron chi connectivity index (χ1n) is 5.86. The number of methoxy groups -OCH3 is 1. The molecule has 0 aromatic heterocycles. The van der Waals surface area contributed by atoms with Gasteiger partial charge >= 0.3 is 0 Å². The van der Waals surface area contributed by atoms with Gasteiger partial charge in [0, 0.05) is 11.4 Å². The van der Waals surface area contributed by atoms with Crippen LogP contribution in [0.15, 0.2) is 42.5 Å². The van der Waals surface area contributed by atoms with Crippen molar-refractivity contribution in [2.45, 2.75) is 12.5 Å². The zero-order valence-corrected chi connectivity index (χ0v) is 11.9. The number of rotatable bonds is 4. The van der Waals surface area contributed by atoms with E-state index in [-0.39, 0.29) is 0 Å². The van der Waals surface area contributed by atoms with E-state index in [1.807, 2.05) is 24.3 Å². The lowest BCUT2D eigenvalue weighted by Gasteiger charge is -2.13. The first-order valence-corrected chi connectivity index (χ1v) is 6.61. The summed E-state index contributed by atoms with van der Waals surface area (Å²) in [7, 11) is 1.56. The summed E-state index contributed by atoms with van der Waals surface area (Å²) in [6.07, 6.45) is -0.134. The zero-order chi connectivity index (χ0) is 13.8. The molecule has 2 rings (SSSR count). The lowest BCUT2D eigenvalue weighted by atomic mass is 10.0. The Morgan fingerprint density at radius 3 is 2.58 bits per heavy atom. The highest BCUT2D eigenvalue weighted by atomic mass is 35.5. The first kappa shape index (κ1) is 14.2. The van der Waals surface area contributed by atoms with E-state index in [4.69, 9.17) is 27.9 Å². The van der Waals surface area contributed by atoms with Crippen LogP contribution in [0.5, 0.6) is 5.75 Å². The van der Waals surface area contributed by atoms with E-state index in [1.165, 1.54) is 0 Å². The molecule has 19 heavy (non-hydrogen) atoms. The molecule has 0 saturated carbocycles. The van der Waals surface area contributed by atoms with Crippen molar-refractivity contribution in [1.29, 1.82) is 0 Å². The fourth-order valence-electron chi connectivity index (χ4n) is 1.89. The Bertz CT molecular complexity index is 570. The van der Waals surface area contributed by atoms with Gasteiger partial charge in [0.1, 0.15) is 5.75 Å². The van der Waals surface area contributed by atoms with E-state index in [1.54, 1.807) is 25.3 Å². The summed E-state index contributed by atoms with van der Waals surface area (Å²) in [6, 6.07) is 12.7. The largest absolute Gasteiger partial charge is 0.495 e. The van der Waals surface area contributed by atoms with Crippen molar-refractivity contribution in [3.63, 3.8) is 0 Å². The second-order valence-corrected chi connectivity index (χ2v) is 5.09. The molecule has 1 N–H and O–H groups in total. The molecule has 0 aliphatic heterocycles. The summed E-state index contributed by atoms with van der Waals surface area (Å²) in [4.78, 5) is 0. The second-order valence-electron chi connectivity index (χ2n) is 4.24. The minimum atomic E-state index is -0.623. The van der Waals surface area contributed by atoms with Crippen molar-refractivity contribution < 1.29 is 9.84 Å². The van der Waals surface area contributed by atoms with Gasteiger partial charge in [-0.15, -0.1) is 0 Å². The molecular weight excluding hydrogens is 283 g/mol. The van der Waals surface area contributed by atoms with Crippen molar-refractivity contribution in [1.82, 2.24) is 0 Å². The number of hydrogen-bond acceptors (Lipinski definition) is 2. The van der Waals surface area contributed by atoms with Gasteiger partial charge in [-0.3, -0.25) is 0 Å². The van der Waals surface area contributed by atoms with Crippen LogP contribution >= 0.6 is 23.2 Å². The Kier molecular flexibility index (Phi) is 4.70. The molecule has 0 spiro atoms. The summed E-state index contributed by atoms with van der Waals surface area (Å²) >= 11 is 12.0. The topological polar surface area (TPSA) is 29.5 Å². The highest BCUT2D eigenvalue weighted by Crippen LogP contribution is 2.29. The van der Waals surface area contributed by atoms with Gasteiger partial charge in [0.05, 0.1) is 18.2 Å². The quantitative estimate of drug-likeness (QED) is 0.912. The van der Waals surface area contributed by atoms with Gasteiger partial charge < -0.3 is 9.84 Å². The Labute approximate surface area is 122 Å². The number of aliphatic hydroxyl groups excluding tert-OH is 1. The Morgan fingerprint density at radius 1 is 1.16 bits per heavy atom. The van der Waals surface area contributed by atoms with Crippen LogP contribution in [-0.4, -0.2) is 12.2 Å². The third-order valence-corrected chi connectivity index (χ3v) is 3.41. The maximum absolute atomic E-state index is 10.2. The minimum absolute atomic E-state index is 0.489. The van der Waals surface area contributed by atoms with E-state index in [0.29, 0.717) is 22.2 Å². The number of hydrogen-bond donors (Lipinski definition) is 1. The normalized spacial score (nSPS) is 12.2. The third-order valence-electron chi connectivity index (χ3n) is 2.88. The van der Waals surface area contributed by atoms with Crippen molar-refractivity contribution >= 4 is 23.2 Å². The van der Waals surface area contributed by atoms with Gasteiger partial charge in [0.2, 0.25) is 0 Å². The van der Waals surface area contributed by atoms with Crippen molar-refractivity contribution in [3.05, 3.63) is 63.6 Å². The summed E-state index contributed by atoms with van der Waals surface area (Å²) < 4.78 is 5.08. The smallest absolute Gasteiger partial charge is 0.137 e. The SMILES string of the molecule is COc1ccc(C(O)Cc2cccc(Cl)c2)cc1Cl. The van der Waals surface area contributed by atoms with Crippen molar-refractivity contribution in [2.24, 2.45) is 0 Å². The molecular formula is C15H14Cl2O2. The molecule has 0 aliphatic carbocycles. The molecule has 0 radical (unpaired) electrons. The molecule has 1 atom stereocenters. The van der Waals surface area contributed by atoms with Crippen molar-refractivity contribution in [2.75, 3.05) is 7.11 Å². The number of benzene rings is 2. The fraction of sp³-hybridized carbons (Fsp3) is 0.200. The maximum Gasteiger partial charge on any atom is 0.137 e. The van der Waals surface area contributed by atoms with Crippen LogP contribution < -0.4 is 4.74 Å². The second kappa shape index (κ2) is 6.29. The van der Waals surface area contributed by atoms with E-state index in [2.05, 4.69) is 0 Å². The zero-order valence-electron chi connectivity index (χ0n) is 10.4. The van der Waals surface area contributed by atoms with Gasteiger partial charge in [-0.25, -0.2) is 0 Å². The number of ether oxygens (including phenoxy) is 1. The summed E-state index contributed by atoms with van der Waals surface area (Å²) in [5.74, 6) is 0.598. The monoisotopic (exact) mass is 296 g/mol. The molecule has 0 amide bonds. The van der Waals surface area contributed by atoms with Crippen molar-refractivity contribution in [3.8, 4) is 5.75 Å². The van der Waals surface area contributed by atoms with Crippen LogP contribution in [0.1, 0.15) is 17.2 Å². The number of aliphatic hydroxyl groups is 1. The molecule has 0 bridgehead atoms. The highest BCUT2D eigenvalue weighted by molar-refractivity contribution is 6.32. The van der Waals surface area contributed by atoms with E-state index in [9.17, 15) is 5.11 Å². The molecule has 2 nitrogen and oxygen atoms in total. The van der Waals surface area contributed by atoms with Gasteiger partial charge in [-0.05, 0) is 35.4 Å². The van der Waals surface area contributed by atoms with E-state index < -0.39 is 6.10 Å². The summed E-state index contributed by atoms with van der Waals surface area (Å²) in [5.41, 5.74) is 1.73.